The van der Waals surface area contributed by atoms with Crippen molar-refractivity contribution < 1.29 is 35.1 Å². The Morgan fingerprint density at radius 2 is 1.55 bits per heavy atom. The Labute approximate surface area is 124 Å². The van der Waals surface area contributed by atoms with Gasteiger partial charge in [-0.15, -0.1) is 0 Å². The molecule has 0 saturated heterocycles. The third kappa shape index (κ3) is 4.39. The van der Waals surface area contributed by atoms with E-state index in [4.69, 9.17) is 26.3 Å². The van der Waals surface area contributed by atoms with Gasteiger partial charge in [0.2, 0.25) is 0 Å². The number of aromatic carboxylic acids is 2. The Morgan fingerprint density at radius 3 is 2.00 bits per heavy atom. The van der Waals surface area contributed by atoms with Gasteiger partial charge in [-0.25, -0.2) is 14.8 Å². The highest BCUT2D eigenvalue weighted by atomic mass is 17.1. The maximum atomic E-state index is 10.4. The van der Waals surface area contributed by atoms with E-state index in [1.165, 1.54) is 30.3 Å². The summed E-state index contributed by atoms with van der Waals surface area (Å²) in [5.41, 5.74) is 5.42. The number of carbonyl (C=O) groups is 2. The van der Waals surface area contributed by atoms with Gasteiger partial charge in [-0.2, -0.15) is 0 Å². The number of nitrogen functional groups attached to an aromatic ring is 1. The molecule has 0 bridgehead atoms. The molecule has 0 aliphatic rings. The molecule has 0 aliphatic carbocycles. The Kier molecular flexibility index (Phi) is 5.73. The molecule has 0 amide bonds. The monoisotopic (exact) mass is 307 g/mol. The van der Waals surface area contributed by atoms with Crippen LogP contribution in [0, 0.1) is 0 Å². The molecule has 2 rings (SSSR count). The number of phenols is 1. The van der Waals surface area contributed by atoms with Gasteiger partial charge >= 0.3 is 11.9 Å². The van der Waals surface area contributed by atoms with Crippen LogP contribution < -0.4 is 10.6 Å². The number of rotatable bonds is 3. The van der Waals surface area contributed by atoms with Gasteiger partial charge in [0.05, 0.1) is 0 Å². The molecule has 22 heavy (non-hydrogen) atoms. The second kappa shape index (κ2) is 7.50. The van der Waals surface area contributed by atoms with Gasteiger partial charge in [0.15, 0.2) is 5.75 Å². The predicted octanol–water partition coefficient (Wildman–Crippen LogP) is 1.91. The van der Waals surface area contributed by atoms with Crippen molar-refractivity contribution in [3.63, 3.8) is 0 Å². The molecule has 116 valence electrons. The Balaban J connectivity index is 0.000000220. The number of hydrogen-bond donors (Lipinski definition) is 5. The largest absolute Gasteiger partial charge is 0.507 e. The molecule has 8 nitrogen and oxygen atoms in total. The molecule has 0 spiro atoms. The van der Waals surface area contributed by atoms with Gasteiger partial charge in [0, 0.05) is 11.8 Å². The van der Waals surface area contributed by atoms with Gasteiger partial charge in [0.25, 0.3) is 0 Å². The van der Waals surface area contributed by atoms with Crippen molar-refractivity contribution in [2.24, 2.45) is 0 Å². The minimum atomic E-state index is -1.16. The topological polar surface area (TPSA) is 150 Å². The van der Waals surface area contributed by atoms with Crippen molar-refractivity contribution in [3.8, 4) is 11.5 Å². The fourth-order valence-electron chi connectivity index (χ4n) is 1.45. The van der Waals surface area contributed by atoms with E-state index in [2.05, 4.69) is 4.89 Å². The third-order valence-electron chi connectivity index (χ3n) is 2.47. The molecule has 0 unspecified atom stereocenters. The lowest BCUT2D eigenvalue weighted by atomic mass is 10.2. The second-order valence-corrected chi connectivity index (χ2v) is 3.97. The number of para-hydroxylation sites is 1. The van der Waals surface area contributed by atoms with Crippen LogP contribution in [0.1, 0.15) is 20.7 Å². The van der Waals surface area contributed by atoms with Crippen molar-refractivity contribution in [2.75, 3.05) is 5.73 Å². The standard InChI is InChI=1S/C7H7NO3.C7H6O4/c8-4-1-2-5(7(10)11)6(9)3-4;8-7(9)5-3-1-2-4-6(5)11-10/h1-3,9H,8H2,(H,10,11);1-4,10H,(H,8,9). The first-order valence-corrected chi connectivity index (χ1v) is 5.82. The SMILES string of the molecule is Nc1ccc(C(=O)O)c(O)c1.O=C(O)c1ccccc1OO. The van der Waals surface area contributed by atoms with Crippen LogP contribution in [0.3, 0.4) is 0 Å². The lowest BCUT2D eigenvalue weighted by Gasteiger charge is -1.99. The summed E-state index contributed by atoms with van der Waals surface area (Å²) in [5.74, 6) is -2.66. The van der Waals surface area contributed by atoms with E-state index in [1.807, 2.05) is 0 Å². The van der Waals surface area contributed by atoms with Gasteiger partial charge in [0.1, 0.15) is 16.9 Å². The van der Waals surface area contributed by atoms with Crippen molar-refractivity contribution in [1.82, 2.24) is 0 Å². The lowest BCUT2D eigenvalue weighted by Crippen LogP contribution is -1.99. The van der Waals surface area contributed by atoms with E-state index in [0.29, 0.717) is 5.69 Å². The molecule has 2 aromatic carbocycles. The molecule has 0 aromatic heterocycles. The number of nitrogens with two attached hydrogens (primary N) is 1. The summed E-state index contributed by atoms with van der Waals surface area (Å²) in [6.45, 7) is 0. The average molecular weight is 307 g/mol. The average Bonchev–Trinajstić information content (AvgIpc) is 2.47. The van der Waals surface area contributed by atoms with E-state index in [1.54, 1.807) is 12.1 Å². The number of hydrogen-bond acceptors (Lipinski definition) is 6. The quantitative estimate of drug-likeness (QED) is 0.328. The van der Waals surface area contributed by atoms with Crippen LogP contribution in [0.5, 0.6) is 11.5 Å². The fourth-order valence-corrected chi connectivity index (χ4v) is 1.45. The molecule has 0 fully saturated rings. The van der Waals surface area contributed by atoms with E-state index < -0.39 is 11.9 Å². The number of benzene rings is 2. The van der Waals surface area contributed by atoms with Crippen LogP contribution in [0.15, 0.2) is 42.5 Å². The number of carboxylic acid groups (broad SMARTS) is 2. The number of carboxylic acids is 2. The van der Waals surface area contributed by atoms with Gasteiger partial charge in [-0.3, -0.25) is 0 Å². The molecular formula is C14H13NO7. The third-order valence-corrected chi connectivity index (χ3v) is 2.47. The Morgan fingerprint density at radius 1 is 0.955 bits per heavy atom. The Hall–Kier alpha value is -3.26. The second-order valence-electron chi connectivity index (χ2n) is 3.97. The van der Waals surface area contributed by atoms with Gasteiger partial charge < -0.3 is 25.9 Å². The van der Waals surface area contributed by atoms with Crippen molar-refractivity contribution in [2.45, 2.75) is 0 Å². The van der Waals surface area contributed by atoms with Crippen molar-refractivity contribution in [3.05, 3.63) is 53.6 Å². The molecule has 0 aliphatic heterocycles. The van der Waals surface area contributed by atoms with Crippen LogP contribution >= 0.6 is 0 Å². The fraction of sp³-hybridized carbons (Fsp3) is 0. The first-order chi connectivity index (χ1) is 10.4. The van der Waals surface area contributed by atoms with Crippen LogP contribution in [0.4, 0.5) is 5.69 Å². The summed E-state index contributed by atoms with van der Waals surface area (Å²) in [4.78, 5) is 24.5. The minimum Gasteiger partial charge on any atom is -0.507 e. The first-order valence-electron chi connectivity index (χ1n) is 5.82. The van der Waals surface area contributed by atoms with Gasteiger partial charge in [-0.1, -0.05) is 12.1 Å². The number of aromatic hydroxyl groups is 1. The normalized spacial score (nSPS) is 9.32. The van der Waals surface area contributed by atoms with E-state index >= 15 is 0 Å². The highest BCUT2D eigenvalue weighted by molar-refractivity contribution is 5.91. The summed E-state index contributed by atoms with van der Waals surface area (Å²) < 4.78 is 0. The summed E-state index contributed by atoms with van der Waals surface area (Å²) in [6.07, 6.45) is 0. The highest BCUT2D eigenvalue weighted by Gasteiger charge is 2.09. The van der Waals surface area contributed by atoms with Crippen LogP contribution in [-0.2, 0) is 0 Å². The lowest BCUT2D eigenvalue weighted by molar-refractivity contribution is -0.138. The van der Waals surface area contributed by atoms with Gasteiger partial charge in [-0.05, 0) is 24.3 Å². The van der Waals surface area contributed by atoms with Crippen molar-refractivity contribution >= 4 is 17.6 Å². The first kappa shape index (κ1) is 16.8. The summed E-state index contributed by atoms with van der Waals surface area (Å²) in [5, 5.41) is 34.2. The van der Waals surface area contributed by atoms with Crippen LogP contribution in [0.25, 0.3) is 0 Å². The van der Waals surface area contributed by atoms with E-state index in [0.717, 1.165) is 0 Å². The predicted molar refractivity (Wildman–Crippen MR) is 76.1 cm³/mol. The van der Waals surface area contributed by atoms with E-state index in [-0.39, 0.29) is 22.6 Å². The molecule has 8 heteroatoms. The maximum absolute atomic E-state index is 10.4. The zero-order valence-corrected chi connectivity index (χ0v) is 11.1. The molecule has 0 saturated carbocycles. The zero-order valence-electron chi connectivity index (χ0n) is 11.1. The molecule has 0 radical (unpaired) electrons. The molecule has 6 N–H and O–H groups in total. The highest BCUT2D eigenvalue weighted by Crippen LogP contribution is 2.19. The van der Waals surface area contributed by atoms with Crippen molar-refractivity contribution in [1.29, 1.82) is 0 Å². The molecule has 0 atom stereocenters. The van der Waals surface area contributed by atoms with Crippen LogP contribution in [0.2, 0.25) is 0 Å². The molecule has 2 aromatic rings. The summed E-state index contributed by atoms with van der Waals surface area (Å²) in [6, 6.07) is 9.70. The molecule has 0 heterocycles. The maximum Gasteiger partial charge on any atom is 0.339 e. The van der Waals surface area contributed by atoms with Crippen LogP contribution in [-0.4, -0.2) is 32.5 Å². The smallest absolute Gasteiger partial charge is 0.339 e. The number of anilines is 1. The zero-order chi connectivity index (χ0) is 16.7. The molecular weight excluding hydrogens is 294 g/mol. The minimum absolute atomic E-state index is 0.0556. The summed E-state index contributed by atoms with van der Waals surface area (Å²) in [7, 11) is 0. The Bertz CT molecular complexity index is 685. The van der Waals surface area contributed by atoms with E-state index in [9.17, 15) is 9.59 Å². The summed E-state index contributed by atoms with van der Waals surface area (Å²) >= 11 is 0.